The first-order chi connectivity index (χ1) is 8.04. The van der Waals surface area contributed by atoms with Gasteiger partial charge in [0.05, 0.1) is 6.54 Å². The molecule has 0 heterocycles. The summed E-state index contributed by atoms with van der Waals surface area (Å²) in [6, 6.07) is 6.30. The molecule has 0 saturated carbocycles. The van der Waals surface area contributed by atoms with Crippen molar-refractivity contribution in [2.45, 2.75) is 0 Å². The normalized spacial score (nSPS) is 9.35. The zero-order valence-electron chi connectivity index (χ0n) is 9.09. The maximum absolute atomic E-state index is 11.9. The average Bonchev–Trinajstić information content (AvgIpc) is 2.27. The summed E-state index contributed by atoms with van der Waals surface area (Å²) >= 11 is 0. The molecule has 3 N–H and O–H groups in total. The third kappa shape index (κ3) is 3.54. The van der Waals surface area contributed by atoms with Crippen molar-refractivity contribution in [1.29, 1.82) is 0 Å². The van der Waals surface area contributed by atoms with Crippen LogP contribution in [0.15, 0.2) is 24.3 Å². The minimum Gasteiger partial charge on any atom is -0.480 e. The number of carboxylic acid groups (broad SMARTS) is 1. The number of amides is 1. The van der Waals surface area contributed by atoms with E-state index in [0.29, 0.717) is 11.3 Å². The molecule has 0 spiro atoms. The van der Waals surface area contributed by atoms with Gasteiger partial charge in [-0.15, -0.1) is 6.42 Å². The van der Waals surface area contributed by atoms with Crippen molar-refractivity contribution >= 4 is 17.6 Å². The Morgan fingerprint density at radius 1 is 1.47 bits per heavy atom. The van der Waals surface area contributed by atoms with Crippen LogP contribution in [0.4, 0.5) is 5.69 Å². The number of hydrogen-bond acceptors (Lipinski definition) is 3. The van der Waals surface area contributed by atoms with Crippen LogP contribution < -0.4 is 5.73 Å². The first-order valence-electron chi connectivity index (χ1n) is 4.84. The summed E-state index contributed by atoms with van der Waals surface area (Å²) in [6.45, 7) is -0.488. The van der Waals surface area contributed by atoms with Gasteiger partial charge < -0.3 is 15.7 Å². The number of carboxylic acids is 1. The van der Waals surface area contributed by atoms with E-state index in [-0.39, 0.29) is 6.54 Å². The first-order valence-corrected chi connectivity index (χ1v) is 4.84. The largest absolute Gasteiger partial charge is 0.480 e. The highest BCUT2D eigenvalue weighted by molar-refractivity contribution is 5.96. The number of hydrogen-bond donors (Lipinski definition) is 2. The van der Waals surface area contributed by atoms with Crippen LogP contribution in [0.1, 0.15) is 10.4 Å². The number of carbonyl (C=O) groups excluding carboxylic acids is 1. The number of rotatable bonds is 4. The molecule has 5 nitrogen and oxygen atoms in total. The van der Waals surface area contributed by atoms with Gasteiger partial charge in [-0.2, -0.15) is 0 Å². The van der Waals surface area contributed by atoms with Crippen LogP contribution in [-0.4, -0.2) is 35.0 Å². The summed E-state index contributed by atoms with van der Waals surface area (Å²) < 4.78 is 0. The second kappa shape index (κ2) is 5.56. The van der Waals surface area contributed by atoms with Gasteiger partial charge in [0, 0.05) is 11.3 Å². The molecule has 1 amide bonds. The van der Waals surface area contributed by atoms with Crippen molar-refractivity contribution in [2.75, 3.05) is 18.8 Å². The van der Waals surface area contributed by atoms with Crippen LogP contribution >= 0.6 is 0 Å². The fraction of sp³-hybridized carbons (Fsp3) is 0.167. The van der Waals surface area contributed by atoms with E-state index in [1.54, 1.807) is 18.2 Å². The van der Waals surface area contributed by atoms with Crippen LogP contribution in [0.3, 0.4) is 0 Å². The molecule has 0 radical (unpaired) electrons. The summed E-state index contributed by atoms with van der Waals surface area (Å²) in [6.07, 6.45) is 5.09. The predicted octanol–water partition coefficient (Wildman–Crippen LogP) is 0.429. The number of terminal acetylenes is 1. The van der Waals surface area contributed by atoms with Gasteiger partial charge in [-0.1, -0.05) is 12.0 Å². The topological polar surface area (TPSA) is 83.6 Å². The number of carbonyl (C=O) groups is 2. The summed E-state index contributed by atoms with van der Waals surface area (Å²) in [4.78, 5) is 23.6. The van der Waals surface area contributed by atoms with Crippen LogP contribution in [0.5, 0.6) is 0 Å². The molecule has 1 aromatic carbocycles. The highest BCUT2D eigenvalue weighted by Crippen LogP contribution is 2.09. The van der Waals surface area contributed by atoms with Crippen molar-refractivity contribution in [3.05, 3.63) is 29.8 Å². The Balaban J connectivity index is 2.92. The Hall–Kier alpha value is -2.48. The molecule has 0 saturated heterocycles. The molecule has 0 aliphatic carbocycles. The molecule has 0 fully saturated rings. The third-order valence-electron chi connectivity index (χ3n) is 2.03. The molecule has 88 valence electrons. The van der Waals surface area contributed by atoms with E-state index in [2.05, 4.69) is 5.92 Å². The Morgan fingerprint density at radius 2 is 2.18 bits per heavy atom. The van der Waals surface area contributed by atoms with Crippen LogP contribution in [-0.2, 0) is 4.79 Å². The Morgan fingerprint density at radius 3 is 2.71 bits per heavy atom. The lowest BCUT2D eigenvalue weighted by molar-refractivity contribution is -0.137. The van der Waals surface area contributed by atoms with E-state index in [9.17, 15) is 9.59 Å². The number of aliphatic carboxylic acids is 1. The van der Waals surface area contributed by atoms with Gasteiger partial charge in [0.2, 0.25) is 0 Å². The van der Waals surface area contributed by atoms with Gasteiger partial charge in [0.25, 0.3) is 5.91 Å². The summed E-state index contributed by atoms with van der Waals surface area (Å²) in [7, 11) is 0. The summed E-state index contributed by atoms with van der Waals surface area (Å²) in [5, 5.41) is 8.67. The van der Waals surface area contributed by atoms with Crippen LogP contribution in [0.25, 0.3) is 0 Å². The summed E-state index contributed by atoms with van der Waals surface area (Å²) in [5.41, 5.74) is 6.30. The van der Waals surface area contributed by atoms with E-state index in [4.69, 9.17) is 17.3 Å². The highest BCUT2D eigenvalue weighted by atomic mass is 16.4. The van der Waals surface area contributed by atoms with Gasteiger partial charge >= 0.3 is 5.97 Å². The molecule has 17 heavy (non-hydrogen) atoms. The molecule has 0 unspecified atom stereocenters. The maximum atomic E-state index is 11.9. The molecule has 0 aliphatic rings. The number of nitrogens with two attached hydrogens (primary N) is 1. The quantitative estimate of drug-likeness (QED) is 0.582. The Labute approximate surface area is 98.8 Å². The van der Waals surface area contributed by atoms with Crippen LogP contribution in [0, 0.1) is 12.3 Å². The lowest BCUT2D eigenvalue weighted by Crippen LogP contribution is -2.36. The second-order valence-corrected chi connectivity index (χ2v) is 3.38. The number of nitrogen functional groups attached to an aromatic ring is 1. The minimum atomic E-state index is -1.11. The predicted molar refractivity (Wildman–Crippen MR) is 63.2 cm³/mol. The molecular formula is C12H12N2O3. The van der Waals surface area contributed by atoms with Gasteiger partial charge in [0.1, 0.15) is 6.54 Å². The molecule has 1 aromatic rings. The lowest BCUT2D eigenvalue weighted by atomic mass is 10.2. The average molecular weight is 232 g/mol. The van der Waals surface area contributed by atoms with Crippen molar-refractivity contribution in [3.63, 3.8) is 0 Å². The van der Waals surface area contributed by atoms with Crippen molar-refractivity contribution in [2.24, 2.45) is 0 Å². The Bertz CT molecular complexity index is 477. The number of benzene rings is 1. The summed E-state index contributed by atoms with van der Waals surface area (Å²) in [5.74, 6) is 0.689. The maximum Gasteiger partial charge on any atom is 0.323 e. The molecule has 0 aromatic heterocycles. The first kappa shape index (κ1) is 12.6. The van der Waals surface area contributed by atoms with E-state index in [1.807, 2.05) is 0 Å². The van der Waals surface area contributed by atoms with Crippen molar-refractivity contribution in [1.82, 2.24) is 4.90 Å². The monoisotopic (exact) mass is 232 g/mol. The van der Waals surface area contributed by atoms with Gasteiger partial charge in [-0.25, -0.2) is 0 Å². The smallest absolute Gasteiger partial charge is 0.323 e. The molecule has 5 heteroatoms. The molecule has 0 atom stereocenters. The van der Waals surface area contributed by atoms with E-state index in [1.165, 1.54) is 6.07 Å². The minimum absolute atomic E-state index is 0.0556. The zero-order chi connectivity index (χ0) is 12.8. The van der Waals surface area contributed by atoms with E-state index < -0.39 is 18.4 Å². The zero-order valence-corrected chi connectivity index (χ0v) is 9.09. The third-order valence-corrected chi connectivity index (χ3v) is 2.03. The molecule has 0 aliphatic heterocycles. The van der Waals surface area contributed by atoms with Gasteiger partial charge in [-0.3, -0.25) is 9.59 Å². The van der Waals surface area contributed by atoms with Gasteiger partial charge in [-0.05, 0) is 18.2 Å². The van der Waals surface area contributed by atoms with Crippen molar-refractivity contribution in [3.8, 4) is 12.3 Å². The SMILES string of the molecule is C#CCN(CC(=O)O)C(=O)c1cccc(N)c1. The second-order valence-electron chi connectivity index (χ2n) is 3.38. The fourth-order valence-corrected chi connectivity index (χ4v) is 1.33. The highest BCUT2D eigenvalue weighted by Gasteiger charge is 2.17. The van der Waals surface area contributed by atoms with E-state index >= 15 is 0 Å². The van der Waals surface area contributed by atoms with Gasteiger partial charge in [0.15, 0.2) is 0 Å². The Kier molecular flexibility index (Phi) is 4.12. The van der Waals surface area contributed by atoms with E-state index in [0.717, 1.165) is 4.90 Å². The standard InChI is InChI=1S/C12H12N2O3/c1-2-6-14(8-11(15)16)12(17)9-4-3-5-10(13)7-9/h1,3-5,7H,6,8,13H2,(H,15,16). The number of nitrogens with zero attached hydrogens (tertiary/aromatic N) is 1. The van der Waals surface area contributed by atoms with Crippen LogP contribution in [0.2, 0.25) is 0 Å². The van der Waals surface area contributed by atoms with Crippen molar-refractivity contribution < 1.29 is 14.7 Å². The number of anilines is 1. The fourth-order valence-electron chi connectivity index (χ4n) is 1.33. The molecule has 0 bridgehead atoms. The lowest BCUT2D eigenvalue weighted by Gasteiger charge is -2.17. The molecule has 1 rings (SSSR count). The molecular weight excluding hydrogens is 220 g/mol.